The van der Waals surface area contributed by atoms with Gasteiger partial charge in [-0.1, -0.05) is 12.1 Å². The maximum Gasteiger partial charge on any atom is 0.268 e. The number of carbonyl (C=O) groups excluding carboxylic acids is 1. The molecule has 0 radical (unpaired) electrons. The molecular weight excluding hydrogens is 266 g/mol. The second kappa shape index (κ2) is 5.49. The number of H-pyrrole nitrogens is 1. The van der Waals surface area contributed by atoms with Crippen LogP contribution in [0.25, 0.3) is 10.9 Å². The number of hydrogen-bond donors (Lipinski definition) is 2. The zero-order chi connectivity index (χ0) is 14.8. The zero-order valence-corrected chi connectivity index (χ0v) is 12.1. The molecule has 0 atom stereocenters. The molecule has 0 bridgehead atoms. The lowest BCUT2D eigenvalue weighted by Crippen LogP contribution is -2.32. The van der Waals surface area contributed by atoms with Crippen molar-refractivity contribution >= 4 is 29.2 Å². The van der Waals surface area contributed by atoms with E-state index in [1.807, 2.05) is 37.2 Å². The van der Waals surface area contributed by atoms with Crippen molar-refractivity contribution in [2.75, 3.05) is 27.2 Å². The molecule has 108 valence electrons. The van der Waals surface area contributed by atoms with Crippen molar-refractivity contribution in [3.63, 3.8) is 0 Å². The Morgan fingerprint density at radius 1 is 1.29 bits per heavy atom. The van der Waals surface area contributed by atoms with E-state index in [0.29, 0.717) is 12.2 Å². The summed E-state index contributed by atoms with van der Waals surface area (Å²) in [6.45, 7) is 1.39. The number of carbonyl (C=O) groups is 1. The van der Waals surface area contributed by atoms with E-state index >= 15 is 0 Å². The topological polar surface area (TPSA) is 72.8 Å². The maximum absolute atomic E-state index is 12.4. The molecule has 0 fully saturated rings. The molecule has 0 spiro atoms. The van der Waals surface area contributed by atoms with Crippen LogP contribution in [0.5, 0.6) is 0 Å². The van der Waals surface area contributed by atoms with Crippen molar-refractivity contribution in [1.29, 1.82) is 0 Å². The highest BCUT2D eigenvalue weighted by molar-refractivity contribution is 6.15. The lowest BCUT2D eigenvalue weighted by atomic mass is 10.1. The van der Waals surface area contributed by atoms with Gasteiger partial charge in [-0.15, -0.1) is 0 Å². The Labute approximate surface area is 122 Å². The molecule has 0 unspecified atom stereocenters. The van der Waals surface area contributed by atoms with Gasteiger partial charge in [0.15, 0.2) is 0 Å². The van der Waals surface area contributed by atoms with E-state index in [0.717, 1.165) is 28.6 Å². The quantitative estimate of drug-likeness (QED) is 0.885. The molecule has 21 heavy (non-hydrogen) atoms. The van der Waals surface area contributed by atoms with Crippen molar-refractivity contribution in [2.45, 2.75) is 0 Å². The van der Waals surface area contributed by atoms with Crippen LogP contribution in [0.1, 0.15) is 21.6 Å². The molecule has 1 aliphatic rings. The first-order valence-electron chi connectivity index (χ1n) is 6.81. The molecular formula is C15H17N5O. The number of nitrogens with one attached hydrogen (secondary N) is 2. The van der Waals surface area contributed by atoms with Crippen LogP contribution in [0.3, 0.4) is 0 Å². The molecule has 0 saturated carbocycles. The van der Waals surface area contributed by atoms with E-state index in [1.54, 1.807) is 12.4 Å². The van der Waals surface area contributed by atoms with Crippen LogP contribution in [-0.4, -0.2) is 55.4 Å². The Morgan fingerprint density at radius 2 is 2.10 bits per heavy atom. The van der Waals surface area contributed by atoms with Crippen molar-refractivity contribution < 1.29 is 4.79 Å². The van der Waals surface area contributed by atoms with E-state index < -0.39 is 0 Å². The van der Waals surface area contributed by atoms with Crippen molar-refractivity contribution in [3.8, 4) is 0 Å². The summed E-state index contributed by atoms with van der Waals surface area (Å²) in [5.74, 6) is -0.123. The monoisotopic (exact) mass is 283 g/mol. The second-order valence-electron chi connectivity index (χ2n) is 5.23. The number of aromatic amines is 1. The van der Waals surface area contributed by atoms with Crippen LogP contribution >= 0.6 is 0 Å². The van der Waals surface area contributed by atoms with Gasteiger partial charge in [-0.25, -0.2) is 0 Å². The molecule has 2 N–H and O–H groups in total. The van der Waals surface area contributed by atoms with E-state index in [1.165, 1.54) is 0 Å². The fourth-order valence-electron chi connectivity index (χ4n) is 2.39. The Bertz CT molecular complexity index is 742. The summed E-state index contributed by atoms with van der Waals surface area (Å²) in [4.78, 5) is 17.6. The minimum absolute atomic E-state index is 0.123. The first-order chi connectivity index (χ1) is 10.2. The number of likely N-dealkylation sites (N-methyl/N-ethyl adjacent to an activating group) is 1. The summed E-state index contributed by atoms with van der Waals surface area (Å²) in [7, 11) is 3.94. The summed E-state index contributed by atoms with van der Waals surface area (Å²) in [6, 6.07) is 5.85. The summed E-state index contributed by atoms with van der Waals surface area (Å²) in [5.41, 5.74) is 3.20. The third kappa shape index (κ3) is 2.57. The number of rotatable bonds is 4. The zero-order valence-electron chi connectivity index (χ0n) is 12.1. The summed E-state index contributed by atoms with van der Waals surface area (Å²) >= 11 is 0. The van der Waals surface area contributed by atoms with Crippen LogP contribution in [-0.2, 0) is 0 Å². The van der Waals surface area contributed by atoms with Gasteiger partial charge in [0.2, 0.25) is 0 Å². The highest BCUT2D eigenvalue weighted by Gasteiger charge is 2.19. The lowest BCUT2D eigenvalue weighted by molar-refractivity contribution is 0.0947. The molecule has 6 heteroatoms. The minimum Gasteiger partial charge on any atom is -0.350 e. The Balaban J connectivity index is 1.96. The fourth-order valence-corrected chi connectivity index (χ4v) is 2.39. The van der Waals surface area contributed by atoms with Crippen molar-refractivity contribution in [1.82, 2.24) is 15.2 Å². The van der Waals surface area contributed by atoms with E-state index in [-0.39, 0.29) is 5.91 Å². The Kier molecular flexibility index (Phi) is 3.53. The van der Waals surface area contributed by atoms with Crippen LogP contribution < -0.4 is 5.32 Å². The van der Waals surface area contributed by atoms with E-state index in [9.17, 15) is 4.79 Å². The number of nitrogens with zero attached hydrogens (tertiary/aromatic N) is 3. The number of hydrogen-bond acceptors (Lipinski definition) is 4. The second-order valence-corrected chi connectivity index (χ2v) is 5.23. The molecule has 1 amide bonds. The molecule has 0 saturated heterocycles. The predicted molar refractivity (Wildman–Crippen MR) is 84.4 cm³/mol. The third-order valence-electron chi connectivity index (χ3n) is 3.42. The van der Waals surface area contributed by atoms with Gasteiger partial charge in [-0.05, 0) is 20.2 Å². The molecule has 2 heterocycles. The van der Waals surface area contributed by atoms with Crippen LogP contribution in [0.2, 0.25) is 0 Å². The van der Waals surface area contributed by atoms with Gasteiger partial charge in [0.1, 0.15) is 5.69 Å². The van der Waals surface area contributed by atoms with Gasteiger partial charge in [0.05, 0.1) is 12.4 Å². The average molecular weight is 283 g/mol. The van der Waals surface area contributed by atoms with Gasteiger partial charge in [0.25, 0.3) is 5.91 Å². The van der Waals surface area contributed by atoms with Gasteiger partial charge >= 0.3 is 0 Å². The van der Waals surface area contributed by atoms with Crippen molar-refractivity contribution in [2.24, 2.45) is 10.2 Å². The molecule has 1 aliphatic heterocycles. The summed E-state index contributed by atoms with van der Waals surface area (Å²) < 4.78 is 0. The van der Waals surface area contributed by atoms with Gasteiger partial charge in [0, 0.05) is 35.1 Å². The predicted octanol–water partition coefficient (Wildman–Crippen LogP) is 1.23. The molecule has 2 aromatic rings. The fraction of sp³-hybridized carbons (Fsp3) is 0.267. The highest BCUT2D eigenvalue weighted by Crippen LogP contribution is 2.25. The minimum atomic E-state index is -0.123. The molecule has 1 aromatic heterocycles. The normalized spacial score (nSPS) is 12.9. The van der Waals surface area contributed by atoms with Crippen molar-refractivity contribution in [3.05, 3.63) is 35.0 Å². The molecule has 1 aromatic carbocycles. The molecule has 6 nitrogen and oxygen atoms in total. The van der Waals surface area contributed by atoms with Gasteiger partial charge < -0.3 is 15.2 Å². The largest absolute Gasteiger partial charge is 0.350 e. The smallest absolute Gasteiger partial charge is 0.268 e. The number of aromatic nitrogens is 1. The first kappa shape index (κ1) is 13.5. The lowest BCUT2D eigenvalue weighted by Gasteiger charge is -2.10. The van der Waals surface area contributed by atoms with Crippen LogP contribution in [0, 0.1) is 0 Å². The third-order valence-corrected chi connectivity index (χ3v) is 3.42. The Hall–Kier alpha value is -2.47. The van der Waals surface area contributed by atoms with Gasteiger partial charge in [-0.2, -0.15) is 10.2 Å². The number of amides is 1. The van der Waals surface area contributed by atoms with Gasteiger partial charge in [-0.3, -0.25) is 4.79 Å². The summed E-state index contributed by atoms with van der Waals surface area (Å²) in [6.07, 6.45) is 3.34. The standard InChI is InChI=1S/C15H17N5O/c1-20(2)7-6-16-15(21)14-11-9-18-17-8-10-4-3-5-12(19-14)13(10)11/h3-5,8-9,19H,6-7H2,1-2H3,(H,16,21). The SMILES string of the molecule is CN(C)CCNC(=O)c1[nH]c2cccc3c2c1C=NN=C3. The van der Waals surface area contributed by atoms with E-state index in [4.69, 9.17) is 0 Å². The first-order valence-corrected chi connectivity index (χ1v) is 6.81. The van der Waals surface area contributed by atoms with E-state index in [2.05, 4.69) is 20.5 Å². The maximum atomic E-state index is 12.4. The molecule has 3 rings (SSSR count). The Morgan fingerprint density at radius 3 is 2.90 bits per heavy atom. The summed E-state index contributed by atoms with van der Waals surface area (Å²) in [5, 5.41) is 11.8. The number of benzene rings is 1. The van der Waals surface area contributed by atoms with Crippen LogP contribution in [0.4, 0.5) is 0 Å². The molecule has 0 aliphatic carbocycles. The van der Waals surface area contributed by atoms with Crippen LogP contribution in [0.15, 0.2) is 28.4 Å². The highest BCUT2D eigenvalue weighted by atomic mass is 16.1. The average Bonchev–Trinajstić information content (AvgIpc) is 2.68.